The average Bonchev–Trinajstić information content (AvgIpc) is 2.92. The highest BCUT2D eigenvalue weighted by molar-refractivity contribution is 7.90. The standard InChI is InChI=1S/C14H14N4O2S/c1-16-13-11-7-8-18(14(11)17-9-12(13)15)21(19,20)10-5-3-2-4-6-10/h2-9H,15H2,1H3,(H,16,17). The zero-order valence-corrected chi connectivity index (χ0v) is 12.1. The van der Waals surface area contributed by atoms with E-state index in [-0.39, 0.29) is 4.90 Å². The van der Waals surface area contributed by atoms with E-state index in [1.54, 1.807) is 43.4 Å². The van der Waals surface area contributed by atoms with E-state index in [1.807, 2.05) is 0 Å². The Hall–Kier alpha value is -2.54. The molecule has 108 valence electrons. The second kappa shape index (κ2) is 4.78. The van der Waals surface area contributed by atoms with E-state index >= 15 is 0 Å². The third-order valence-corrected chi connectivity index (χ3v) is 4.94. The molecule has 0 aliphatic rings. The van der Waals surface area contributed by atoms with E-state index in [0.717, 1.165) is 3.97 Å². The number of pyridine rings is 1. The Balaban J connectivity index is 2.28. The van der Waals surface area contributed by atoms with E-state index in [2.05, 4.69) is 10.3 Å². The van der Waals surface area contributed by atoms with Crippen LogP contribution in [0.5, 0.6) is 0 Å². The lowest BCUT2D eigenvalue weighted by atomic mass is 10.2. The molecule has 0 bridgehead atoms. The van der Waals surface area contributed by atoms with Gasteiger partial charge in [0.15, 0.2) is 5.65 Å². The van der Waals surface area contributed by atoms with E-state index in [9.17, 15) is 8.42 Å². The topological polar surface area (TPSA) is 90.0 Å². The molecule has 3 rings (SSSR count). The van der Waals surface area contributed by atoms with Gasteiger partial charge in [-0.15, -0.1) is 0 Å². The molecule has 7 heteroatoms. The molecule has 3 aromatic rings. The number of nitrogen functional groups attached to an aromatic ring is 1. The molecule has 0 amide bonds. The number of nitrogens with zero attached hydrogens (tertiary/aromatic N) is 2. The fourth-order valence-electron chi connectivity index (χ4n) is 2.26. The predicted octanol–water partition coefficient (Wildman–Crippen LogP) is 1.90. The minimum atomic E-state index is -3.67. The number of fused-ring (bicyclic) bond motifs is 1. The largest absolute Gasteiger partial charge is 0.396 e. The molecule has 21 heavy (non-hydrogen) atoms. The summed E-state index contributed by atoms with van der Waals surface area (Å²) in [5, 5.41) is 3.63. The minimum absolute atomic E-state index is 0.215. The highest BCUT2D eigenvalue weighted by atomic mass is 32.2. The number of benzene rings is 1. The van der Waals surface area contributed by atoms with Crippen LogP contribution in [0.1, 0.15) is 0 Å². The van der Waals surface area contributed by atoms with E-state index in [0.29, 0.717) is 22.4 Å². The van der Waals surface area contributed by atoms with Crippen LogP contribution in [0.4, 0.5) is 11.4 Å². The van der Waals surface area contributed by atoms with Crippen molar-refractivity contribution in [2.75, 3.05) is 18.1 Å². The second-order valence-corrected chi connectivity index (χ2v) is 6.32. The highest BCUT2D eigenvalue weighted by Gasteiger charge is 2.20. The molecule has 0 fully saturated rings. The van der Waals surface area contributed by atoms with Gasteiger partial charge >= 0.3 is 0 Å². The summed E-state index contributed by atoms with van der Waals surface area (Å²) in [7, 11) is -1.94. The monoisotopic (exact) mass is 302 g/mol. The molecule has 3 N–H and O–H groups in total. The molecule has 0 saturated heterocycles. The number of nitrogens with one attached hydrogen (secondary N) is 1. The second-order valence-electron chi connectivity index (χ2n) is 4.51. The van der Waals surface area contributed by atoms with Crippen LogP contribution in [0, 0.1) is 0 Å². The molecule has 0 radical (unpaired) electrons. The first-order valence-corrected chi connectivity index (χ1v) is 7.73. The summed E-state index contributed by atoms with van der Waals surface area (Å²) in [5.74, 6) is 0. The van der Waals surface area contributed by atoms with Crippen molar-refractivity contribution in [1.82, 2.24) is 8.96 Å². The van der Waals surface area contributed by atoms with Gasteiger partial charge < -0.3 is 11.1 Å². The van der Waals surface area contributed by atoms with Gasteiger partial charge in [0, 0.05) is 18.6 Å². The third-order valence-electron chi connectivity index (χ3n) is 3.26. The molecule has 0 spiro atoms. The molecule has 2 aromatic heterocycles. The van der Waals surface area contributed by atoms with Crippen molar-refractivity contribution in [3.63, 3.8) is 0 Å². The van der Waals surface area contributed by atoms with Gasteiger partial charge in [0.05, 0.1) is 22.5 Å². The number of aromatic nitrogens is 2. The van der Waals surface area contributed by atoms with Crippen molar-refractivity contribution < 1.29 is 8.42 Å². The molecular weight excluding hydrogens is 288 g/mol. The van der Waals surface area contributed by atoms with Crippen molar-refractivity contribution in [3.8, 4) is 0 Å². The van der Waals surface area contributed by atoms with Crippen LogP contribution in [-0.2, 0) is 10.0 Å². The van der Waals surface area contributed by atoms with Gasteiger partial charge in [0.25, 0.3) is 10.0 Å². The lowest BCUT2D eigenvalue weighted by Gasteiger charge is -2.09. The van der Waals surface area contributed by atoms with E-state index in [4.69, 9.17) is 5.73 Å². The van der Waals surface area contributed by atoms with Crippen LogP contribution in [0.25, 0.3) is 11.0 Å². The van der Waals surface area contributed by atoms with Crippen molar-refractivity contribution in [2.45, 2.75) is 4.90 Å². The van der Waals surface area contributed by atoms with E-state index < -0.39 is 10.0 Å². The smallest absolute Gasteiger partial charge is 0.269 e. The summed E-state index contributed by atoms with van der Waals surface area (Å²) in [6.07, 6.45) is 2.94. The normalized spacial score (nSPS) is 11.7. The number of hydrogen-bond donors (Lipinski definition) is 2. The Labute approximate surface area is 122 Å². The number of anilines is 2. The van der Waals surface area contributed by atoms with Gasteiger partial charge in [0.2, 0.25) is 0 Å². The van der Waals surface area contributed by atoms with Crippen molar-refractivity contribution >= 4 is 32.4 Å². The van der Waals surface area contributed by atoms with Gasteiger partial charge in [-0.1, -0.05) is 18.2 Å². The number of rotatable bonds is 3. The maximum Gasteiger partial charge on any atom is 0.269 e. The Morgan fingerprint density at radius 1 is 1.19 bits per heavy atom. The van der Waals surface area contributed by atoms with Gasteiger partial charge in [-0.3, -0.25) is 0 Å². The maximum atomic E-state index is 12.7. The Kier molecular flexibility index (Phi) is 3.06. The summed E-state index contributed by atoms with van der Waals surface area (Å²) in [6, 6.07) is 9.93. The Bertz CT molecular complexity index is 901. The molecule has 6 nitrogen and oxygen atoms in total. The Morgan fingerprint density at radius 2 is 1.90 bits per heavy atom. The summed E-state index contributed by atoms with van der Waals surface area (Å²) in [6.45, 7) is 0. The van der Waals surface area contributed by atoms with E-state index in [1.165, 1.54) is 12.4 Å². The molecule has 0 aliphatic carbocycles. The fourth-order valence-corrected chi connectivity index (χ4v) is 3.58. The summed E-state index contributed by atoms with van der Waals surface area (Å²) >= 11 is 0. The highest BCUT2D eigenvalue weighted by Crippen LogP contribution is 2.29. The lowest BCUT2D eigenvalue weighted by Crippen LogP contribution is -2.12. The minimum Gasteiger partial charge on any atom is -0.396 e. The zero-order valence-electron chi connectivity index (χ0n) is 11.3. The average molecular weight is 302 g/mol. The molecule has 1 aromatic carbocycles. The SMILES string of the molecule is CNc1c(N)cnc2c1ccn2S(=O)(=O)c1ccccc1. The van der Waals surface area contributed by atoms with Crippen LogP contribution in [-0.4, -0.2) is 24.4 Å². The molecule has 0 saturated carbocycles. The predicted molar refractivity (Wildman–Crippen MR) is 82.7 cm³/mol. The maximum absolute atomic E-state index is 12.7. The number of nitrogens with two attached hydrogens (primary N) is 1. The van der Waals surface area contributed by atoms with Crippen molar-refractivity contribution in [3.05, 3.63) is 48.8 Å². The molecule has 0 atom stereocenters. The van der Waals surface area contributed by atoms with Crippen molar-refractivity contribution in [2.24, 2.45) is 0 Å². The first kappa shape index (κ1) is 13.4. The first-order valence-electron chi connectivity index (χ1n) is 6.29. The number of hydrogen-bond acceptors (Lipinski definition) is 5. The van der Waals surface area contributed by atoms with Crippen LogP contribution < -0.4 is 11.1 Å². The van der Waals surface area contributed by atoms with Gasteiger partial charge in [-0.25, -0.2) is 17.4 Å². The van der Waals surface area contributed by atoms with Crippen LogP contribution in [0.15, 0.2) is 53.7 Å². The fraction of sp³-hybridized carbons (Fsp3) is 0.0714. The third kappa shape index (κ3) is 2.02. The molecule has 2 heterocycles. The molecular formula is C14H14N4O2S. The molecule has 0 unspecified atom stereocenters. The summed E-state index contributed by atoms with van der Waals surface area (Å²) in [5.41, 5.74) is 7.33. The van der Waals surface area contributed by atoms with Crippen LogP contribution in [0.3, 0.4) is 0 Å². The first-order chi connectivity index (χ1) is 10.1. The van der Waals surface area contributed by atoms with Crippen LogP contribution >= 0.6 is 0 Å². The Morgan fingerprint density at radius 3 is 2.57 bits per heavy atom. The summed E-state index contributed by atoms with van der Waals surface area (Å²) < 4.78 is 26.5. The quantitative estimate of drug-likeness (QED) is 0.771. The van der Waals surface area contributed by atoms with Crippen LogP contribution in [0.2, 0.25) is 0 Å². The van der Waals surface area contributed by atoms with Gasteiger partial charge in [0.1, 0.15) is 0 Å². The molecule has 0 aliphatic heterocycles. The summed E-state index contributed by atoms with van der Waals surface area (Å²) in [4.78, 5) is 4.37. The van der Waals surface area contributed by atoms with Crippen molar-refractivity contribution in [1.29, 1.82) is 0 Å². The van der Waals surface area contributed by atoms with Gasteiger partial charge in [-0.2, -0.15) is 0 Å². The lowest BCUT2D eigenvalue weighted by molar-refractivity contribution is 0.589. The van der Waals surface area contributed by atoms with Gasteiger partial charge in [-0.05, 0) is 18.2 Å². The zero-order chi connectivity index (χ0) is 15.0.